The smallest absolute Gasteiger partial charge is 0.364 e. The van der Waals surface area contributed by atoms with Gasteiger partial charge in [0, 0.05) is 0 Å². The minimum Gasteiger partial charge on any atom is -0.546 e. The molecule has 2 N–H and O–H groups in total. The van der Waals surface area contributed by atoms with Crippen molar-refractivity contribution in [1.29, 1.82) is 0 Å². The SMILES string of the molecule is CC(C)[C@H](Nc1[nH+]cc([N+](=O)[O-])cc1[N+](=O)[O-])C(=O)[O-]. The third kappa shape index (κ3) is 3.37. The van der Waals surface area contributed by atoms with Crippen LogP contribution < -0.4 is 15.4 Å². The predicted octanol–water partition coefficient (Wildman–Crippen LogP) is -0.497. The molecule has 0 fully saturated rings. The van der Waals surface area contributed by atoms with Gasteiger partial charge >= 0.3 is 17.2 Å². The average molecular weight is 284 g/mol. The highest BCUT2D eigenvalue weighted by molar-refractivity contribution is 5.76. The van der Waals surface area contributed by atoms with Gasteiger partial charge in [-0.15, -0.1) is 0 Å². The van der Waals surface area contributed by atoms with Gasteiger partial charge in [0.1, 0.15) is 12.1 Å². The second-order valence-corrected chi connectivity index (χ2v) is 4.32. The van der Waals surface area contributed by atoms with Crippen molar-refractivity contribution in [2.45, 2.75) is 19.9 Å². The summed E-state index contributed by atoms with van der Waals surface area (Å²) in [4.78, 5) is 33.1. The molecule has 1 atom stereocenters. The van der Waals surface area contributed by atoms with Crippen LogP contribution in [0.4, 0.5) is 17.2 Å². The number of carbonyl (C=O) groups excluding carboxylic acids is 1. The summed E-state index contributed by atoms with van der Waals surface area (Å²) < 4.78 is 0. The van der Waals surface area contributed by atoms with Crippen molar-refractivity contribution in [2.75, 3.05) is 5.32 Å². The van der Waals surface area contributed by atoms with Gasteiger partial charge in [0.25, 0.3) is 0 Å². The number of nitro groups is 2. The number of nitrogens with zero attached hydrogens (tertiary/aromatic N) is 2. The van der Waals surface area contributed by atoms with E-state index in [1.165, 1.54) is 0 Å². The standard InChI is InChI=1S/C10H12N4O6/c1-5(2)8(10(15)16)12-9-7(14(19)20)3-6(4-11-9)13(17)18/h3-5,8H,1-2H3,(H,11,12)(H,15,16)/t8-/m0/s1. The van der Waals surface area contributed by atoms with Crippen LogP contribution in [0.15, 0.2) is 12.3 Å². The Hall–Kier alpha value is -2.78. The first kappa shape index (κ1) is 15.3. The third-order valence-electron chi connectivity index (χ3n) is 2.53. The molecule has 0 saturated carbocycles. The summed E-state index contributed by atoms with van der Waals surface area (Å²) >= 11 is 0. The molecule has 0 aliphatic rings. The van der Waals surface area contributed by atoms with E-state index in [2.05, 4.69) is 10.3 Å². The van der Waals surface area contributed by atoms with E-state index >= 15 is 0 Å². The number of carboxylic acid groups (broad SMARTS) is 1. The maximum Gasteiger partial charge on any atom is 0.364 e. The second-order valence-electron chi connectivity index (χ2n) is 4.32. The van der Waals surface area contributed by atoms with E-state index in [0.717, 1.165) is 12.3 Å². The van der Waals surface area contributed by atoms with E-state index in [9.17, 15) is 30.1 Å². The Bertz CT molecular complexity index is 559. The van der Waals surface area contributed by atoms with E-state index in [1.54, 1.807) is 13.8 Å². The number of carbonyl (C=O) groups is 1. The Kier molecular flexibility index (Phi) is 4.51. The maximum absolute atomic E-state index is 10.9. The lowest BCUT2D eigenvalue weighted by Gasteiger charge is -2.18. The topological polar surface area (TPSA) is 153 Å². The largest absolute Gasteiger partial charge is 0.546 e. The number of aliphatic carboxylic acids is 1. The van der Waals surface area contributed by atoms with Crippen LogP contribution in [0, 0.1) is 26.1 Å². The molecular weight excluding hydrogens is 272 g/mol. The van der Waals surface area contributed by atoms with Crippen molar-refractivity contribution in [3.63, 3.8) is 0 Å². The number of carboxylic acids is 1. The summed E-state index contributed by atoms with van der Waals surface area (Å²) in [5.74, 6) is -2.06. The summed E-state index contributed by atoms with van der Waals surface area (Å²) in [6, 6.07) is -0.433. The third-order valence-corrected chi connectivity index (χ3v) is 2.53. The second kappa shape index (κ2) is 5.91. The molecule has 0 amide bonds. The number of hydrogen-bond acceptors (Lipinski definition) is 7. The highest BCUT2D eigenvalue weighted by Gasteiger charge is 2.29. The number of H-pyrrole nitrogens is 1. The lowest BCUT2D eigenvalue weighted by atomic mass is 10.0. The number of aromatic amines is 1. The molecule has 0 bridgehead atoms. The van der Waals surface area contributed by atoms with E-state index in [1.807, 2.05) is 0 Å². The highest BCUT2D eigenvalue weighted by atomic mass is 16.6. The fourth-order valence-electron chi connectivity index (χ4n) is 1.49. The van der Waals surface area contributed by atoms with E-state index in [4.69, 9.17) is 0 Å². The van der Waals surface area contributed by atoms with Gasteiger partial charge in [-0.2, -0.15) is 0 Å². The van der Waals surface area contributed by atoms with Gasteiger partial charge in [0.2, 0.25) is 0 Å². The zero-order valence-electron chi connectivity index (χ0n) is 10.7. The molecule has 1 aromatic rings. The number of rotatable bonds is 6. The zero-order valence-corrected chi connectivity index (χ0v) is 10.7. The first-order chi connectivity index (χ1) is 9.23. The first-order valence-corrected chi connectivity index (χ1v) is 5.56. The van der Waals surface area contributed by atoms with Crippen molar-refractivity contribution in [3.05, 3.63) is 32.5 Å². The molecule has 108 valence electrons. The van der Waals surface area contributed by atoms with Crippen LogP contribution in [0.5, 0.6) is 0 Å². The molecular formula is C10H12N4O6. The maximum atomic E-state index is 10.9. The number of aromatic nitrogens is 1. The molecule has 1 aromatic heterocycles. The van der Waals surface area contributed by atoms with Crippen LogP contribution in [0.1, 0.15) is 13.8 Å². The molecule has 10 heteroatoms. The van der Waals surface area contributed by atoms with Crippen LogP contribution in [0.2, 0.25) is 0 Å². The number of hydrogen-bond donors (Lipinski definition) is 1. The van der Waals surface area contributed by atoms with Crippen LogP contribution in [-0.4, -0.2) is 21.9 Å². The normalized spacial score (nSPS) is 11.9. The molecule has 0 unspecified atom stereocenters. The molecule has 0 saturated heterocycles. The molecule has 1 rings (SSSR count). The van der Waals surface area contributed by atoms with Gasteiger partial charge in [0.15, 0.2) is 6.20 Å². The van der Waals surface area contributed by atoms with Crippen LogP contribution in [0.3, 0.4) is 0 Å². The van der Waals surface area contributed by atoms with Crippen molar-refractivity contribution >= 4 is 23.2 Å². The van der Waals surface area contributed by atoms with Crippen LogP contribution in [-0.2, 0) is 4.79 Å². The molecule has 0 aliphatic heterocycles. The summed E-state index contributed by atoms with van der Waals surface area (Å²) in [5.41, 5.74) is -1.12. The van der Waals surface area contributed by atoms with E-state index in [0.29, 0.717) is 0 Å². The first-order valence-electron chi connectivity index (χ1n) is 5.56. The fourth-order valence-corrected chi connectivity index (χ4v) is 1.49. The van der Waals surface area contributed by atoms with E-state index in [-0.39, 0.29) is 5.82 Å². The van der Waals surface area contributed by atoms with Crippen LogP contribution in [0.25, 0.3) is 0 Å². The summed E-state index contributed by atoms with van der Waals surface area (Å²) in [6.07, 6.45) is 0.933. The van der Waals surface area contributed by atoms with Gasteiger partial charge in [-0.25, -0.2) is 4.98 Å². The molecule has 0 aromatic carbocycles. The van der Waals surface area contributed by atoms with Gasteiger partial charge in [0.05, 0.1) is 15.8 Å². The molecule has 0 spiro atoms. The molecule has 1 heterocycles. The number of pyridine rings is 1. The lowest BCUT2D eigenvalue weighted by Crippen LogP contribution is -2.45. The van der Waals surface area contributed by atoms with Gasteiger partial charge in [-0.3, -0.25) is 25.5 Å². The summed E-state index contributed by atoms with van der Waals surface area (Å²) in [7, 11) is 0. The highest BCUT2D eigenvalue weighted by Crippen LogP contribution is 2.24. The number of nitrogens with one attached hydrogen (secondary N) is 2. The van der Waals surface area contributed by atoms with Crippen molar-refractivity contribution in [3.8, 4) is 0 Å². The van der Waals surface area contributed by atoms with Crippen molar-refractivity contribution in [2.24, 2.45) is 5.92 Å². The predicted molar refractivity (Wildman–Crippen MR) is 63.6 cm³/mol. The van der Waals surface area contributed by atoms with Gasteiger partial charge < -0.3 is 9.90 Å². The fraction of sp³-hybridized carbons (Fsp3) is 0.400. The van der Waals surface area contributed by atoms with Crippen LogP contribution >= 0.6 is 0 Å². The Morgan fingerprint density at radius 3 is 2.30 bits per heavy atom. The summed E-state index contributed by atoms with van der Waals surface area (Å²) in [6.45, 7) is 3.18. The molecule has 20 heavy (non-hydrogen) atoms. The summed E-state index contributed by atoms with van der Waals surface area (Å²) in [5, 5.41) is 34.8. The monoisotopic (exact) mass is 284 g/mol. The molecule has 10 nitrogen and oxygen atoms in total. The molecule has 0 aliphatic carbocycles. The zero-order chi connectivity index (χ0) is 15.4. The Labute approximate surface area is 112 Å². The van der Waals surface area contributed by atoms with Gasteiger partial charge in [-0.1, -0.05) is 13.8 Å². The van der Waals surface area contributed by atoms with Crippen molar-refractivity contribution < 1.29 is 24.7 Å². The van der Waals surface area contributed by atoms with Crippen molar-refractivity contribution in [1.82, 2.24) is 0 Å². The Balaban J connectivity index is 3.20. The quantitative estimate of drug-likeness (QED) is 0.545. The number of anilines is 1. The van der Waals surface area contributed by atoms with E-state index < -0.39 is 39.2 Å². The van der Waals surface area contributed by atoms with Gasteiger partial charge in [-0.05, 0) is 5.92 Å². The minimum atomic E-state index is -1.43. The average Bonchev–Trinajstić information content (AvgIpc) is 2.34. The Morgan fingerprint density at radius 2 is 1.90 bits per heavy atom. The lowest BCUT2D eigenvalue weighted by molar-refractivity contribution is -0.431. The minimum absolute atomic E-state index is 0.233. The Morgan fingerprint density at radius 1 is 1.30 bits per heavy atom. The molecule has 0 radical (unpaired) electrons.